The summed E-state index contributed by atoms with van der Waals surface area (Å²) in [6.07, 6.45) is -5.13. The number of carboxylic acid groups (broad SMARTS) is 4. The molecular formula is C62H76N16O20. The van der Waals surface area contributed by atoms with Crippen LogP contribution in [-0.2, 0) is 45.4 Å². The van der Waals surface area contributed by atoms with Crippen molar-refractivity contribution in [2.75, 3.05) is 66.4 Å². The lowest BCUT2D eigenvalue weighted by molar-refractivity contribution is -0.138. The average Bonchev–Trinajstić information content (AvgIpc) is 1.50. The van der Waals surface area contributed by atoms with Crippen LogP contribution in [-0.4, -0.2) is 285 Å². The first kappa shape index (κ1) is 63.7. The number of hydrogen-bond donors (Lipinski definition) is 4. The fourth-order valence-electron chi connectivity index (χ4n) is 17.8. The number of rotatable bonds is 20. The summed E-state index contributed by atoms with van der Waals surface area (Å²) in [7, 11) is 0. The molecule has 524 valence electrons. The minimum atomic E-state index is -1.66. The molecule has 0 aromatic heterocycles. The molecule has 36 nitrogen and oxygen atoms in total. The second-order valence-electron chi connectivity index (χ2n) is 27.8. The molecule has 98 heavy (non-hydrogen) atoms. The van der Waals surface area contributed by atoms with Gasteiger partial charge in [0.2, 0.25) is 0 Å². The summed E-state index contributed by atoms with van der Waals surface area (Å²) < 4.78 is 25.7. The Hall–Kier alpha value is -10.3. The lowest BCUT2D eigenvalue weighted by atomic mass is 9.95. The van der Waals surface area contributed by atoms with Crippen LogP contribution in [0.25, 0.3) is 0 Å². The summed E-state index contributed by atoms with van der Waals surface area (Å²) in [6, 6.07) is -5.21. The third-order valence-corrected chi connectivity index (χ3v) is 23.4. The highest BCUT2D eigenvalue weighted by Crippen LogP contribution is 2.60. The van der Waals surface area contributed by atoms with E-state index in [2.05, 4.69) is 0 Å². The highest BCUT2D eigenvalue weighted by molar-refractivity contribution is 5.94. The van der Waals surface area contributed by atoms with Crippen molar-refractivity contribution >= 4 is 72.1 Å². The molecule has 11 saturated heterocycles. The Morgan fingerprint density at radius 2 is 0.500 bits per heavy atom. The number of ether oxygens (including phenoxy) is 4. The van der Waals surface area contributed by atoms with Gasteiger partial charge in [0.1, 0.15) is 63.0 Å². The first-order chi connectivity index (χ1) is 46.5. The molecule has 0 atom stereocenters. The monoisotopic (exact) mass is 1360 g/mol. The van der Waals surface area contributed by atoms with Gasteiger partial charge in [0, 0.05) is 47.9 Å². The Morgan fingerprint density at radius 1 is 0.316 bits per heavy atom. The Balaban J connectivity index is 0.765. The molecule has 2 aromatic carbocycles. The number of carboxylic acids is 4. The number of nitrogens with zero attached hydrogens (tertiary/aromatic N) is 16. The fourth-order valence-corrected chi connectivity index (χ4v) is 17.8. The predicted octanol–water partition coefficient (Wildman–Crippen LogP) is 3.48. The number of hydrogen-bond acceptors (Lipinski definition) is 16. The Morgan fingerprint density at radius 3 is 0.694 bits per heavy atom. The van der Waals surface area contributed by atoms with Crippen molar-refractivity contribution in [1.29, 1.82) is 0 Å². The molecule has 11 fully saturated rings. The molecule has 36 heteroatoms. The Labute approximate surface area is 559 Å². The Kier molecular flexibility index (Phi) is 14.0. The predicted molar refractivity (Wildman–Crippen MR) is 327 cm³/mol. The van der Waals surface area contributed by atoms with Gasteiger partial charge in [-0.15, -0.1) is 0 Å². The summed E-state index contributed by atoms with van der Waals surface area (Å²) in [5.74, 6) is -2.71. The third-order valence-electron chi connectivity index (χ3n) is 23.4. The summed E-state index contributed by atoms with van der Waals surface area (Å²) in [5, 5.41) is 37.9. The highest BCUT2D eigenvalue weighted by Gasteiger charge is 2.80. The molecule has 0 aliphatic carbocycles. The normalized spacial score (nSPS) is 28.8. The molecule has 0 saturated carbocycles. The van der Waals surface area contributed by atoms with Crippen LogP contribution >= 0.6 is 0 Å². The third kappa shape index (κ3) is 8.08. The van der Waals surface area contributed by atoms with Crippen LogP contribution in [0.2, 0.25) is 0 Å². The topological polar surface area (TPSA) is 375 Å². The van der Waals surface area contributed by atoms with Crippen LogP contribution in [0.4, 0.5) is 38.4 Å². The maximum absolute atomic E-state index is 15.8. The van der Waals surface area contributed by atoms with Crippen LogP contribution in [0.1, 0.15) is 124 Å². The van der Waals surface area contributed by atoms with E-state index >= 15 is 38.4 Å². The molecule has 13 heterocycles. The van der Waals surface area contributed by atoms with Gasteiger partial charge < -0.3 is 39.4 Å². The van der Waals surface area contributed by atoms with E-state index in [0.717, 1.165) is 0 Å². The zero-order chi connectivity index (χ0) is 69.8. The van der Waals surface area contributed by atoms with E-state index in [1.807, 2.05) is 0 Å². The standard InChI is InChI=1S/C62H76N16O20/c1-31-32(2)44(96-18-10-14-40(81)82)36-22-72-56(92)76-28-68-49-47-63(51(87)67(49)27-75-55(91)71(59(72,5)61(75,76)7)21-35(36)43(31)95-17-9-13-39(79)80)25-65-48-50-69(53(65)89)29-77-57(93)73-23-37-38(46(98-20-12-16-42(85)86)34(4)33(3)45(37)97-19-11-15-41(83)84)24-74-58(94)78(62(77,8)60(73,74)6)30-70(50)54(90)66(48)26-64(47)52(68)88/h47-50H,9-30H2,1-8H3,(H,79,80)(H,81,82)(H,83,84)(H,85,86). The minimum Gasteiger partial charge on any atom is -0.493 e. The van der Waals surface area contributed by atoms with Gasteiger partial charge in [-0.05, 0) is 103 Å². The number of benzene rings is 2. The summed E-state index contributed by atoms with van der Waals surface area (Å²) in [4.78, 5) is 195. The van der Waals surface area contributed by atoms with Gasteiger partial charge in [-0.25, -0.2) is 38.4 Å². The van der Waals surface area contributed by atoms with E-state index in [4.69, 9.17) is 18.9 Å². The fraction of sp³-hybridized carbons (Fsp3) is 0.613. The van der Waals surface area contributed by atoms with Gasteiger partial charge >= 0.3 is 72.1 Å². The van der Waals surface area contributed by atoms with E-state index in [1.165, 1.54) is 78.4 Å². The number of urea groups is 8. The second-order valence-corrected chi connectivity index (χ2v) is 27.8. The van der Waals surface area contributed by atoms with Crippen LogP contribution in [0.5, 0.6) is 23.0 Å². The van der Waals surface area contributed by atoms with E-state index < -0.39 is 159 Å². The van der Waals surface area contributed by atoms with E-state index in [9.17, 15) is 39.6 Å². The summed E-state index contributed by atoms with van der Waals surface area (Å²) >= 11 is 0. The molecular weight excluding hydrogens is 1290 g/mol. The zero-order valence-electron chi connectivity index (χ0n) is 55.3. The van der Waals surface area contributed by atoms with E-state index in [0.29, 0.717) is 67.5 Å². The largest absolute Gasteiger partial charge is 0.493 e. The number of carbonyl (C=O) groups excluding carboxylic acids is 8. The second kappa shape index (κ2) is 21.6. The van der Waals surface area contributed by atoms with Crippen LogP contribution in [0, 0.1) is 27.7 Å². The van der Waals surface area contributed by atoms with Gasteiger partial charge in [0.05, 0.1) is 52.6 Å². The van der Waals surface area contributed by atoms with E-state index in [1.54, 1.807) is 55.4 Å². The summed E-state index contributed by atoms with van der Waals surface area (Å²) in [6.45, 7) is 10.2. The van der Waals surface area contributed by atoms with Crippen molar-refractivity contribution < 1.29 is 96.9 Å². The Bertz CT molecular complexity index is 3520. The molecule has 0 spiro atoms. The van der Waals surface area contributed by atoms with Crippen LogP contribution in [0.15, 0.2) is 0 Å². The van der Waals surface area contributed by atoms with Crippen molar-refractivity contribution in [3.8, 4) is 23.0 Å². The molecule has 4 N–H and O–H groups in total. The highest BCUT2D eigenvalue weighted by atomic mass is 16.5. The molecule has 0 unspecified atom stereocenters. The van der Waals surface area contributed by atoms with Crippen molar-refractivity contribution in [2.45, 2.75) is 180 Å². The first-order valence-electron chi connectivity index (χ1n) is 32.8. The molecule has 2 aromatic rings. The lowest BCUT2D eigenvalue weighted by Gasteiger charge is -2.49. The molecule has 0 bridgehead atoms. The lowest BCUT2D eigenvalue weighted by Crippen LogP contribution is -2.69. The average molecular weight is 1370 g/mol. The number of aliphatic carboxylic acids is 4. The van der Waals surface area contributed by atoms with Crippen molar-refractivity contribution in [3.05, 3.63) is 44.5 Å². The number of carbonyl (C=O) groups is 12. The van der Waals surface area contributed by atoms with Crippen molar-refractivity contribution in [2.24, 2.45) is 0 Å². The number of amides is 16. The smallest absolute Gasteiger partial charge is 0.326 e. The molecule has 15 rings (SSSR count). The molecule has 13 aliphatic heterocycles. The van der Waals surface area contributed by atoms with Crippen molar-refractivity contribution in [3.63, 3.8) is 0 Å². The van der Waals surface area contributed by atoms with Gasteiger partial charge in [0.25, 0.3) is 0 Å². The molecule has 0 radical (unpaired) electrons. The maximum atomic E-state index is 15.8. The van der Waals surface area contributed by atoms with Gasteiger partial charge in [-0.2, -0.15) is 0 Å². The molecule has 13 aliphatic rings. The quantitative estimate of drug-likeness (QED) is 0.138. The van der Waals surface area contributed by atoms with Gasteiger partial charge in [-0.1, -0.05) is 0 Å². The van der Waals surface area contributed by atoms with Crippen LogP contribution in [0.3, 0.4) is 0 Å². The summed E-state index contributed by atoms with van der Waals surface area (Å²) in [5.41, 5.74) is -2.19. The maximum Gasteiger partial charge on any atom is 0.326 e. The van der Waals surface area contributed by atoms with Gasteiger partial charge in [0.15, 0.2) is 47.3 Å². The minimum absolute atomic E-state index is 0.0184. The number of fused-ring (bicyclic) bond motifs is 2. The SMILES string of the molecule is Cc1c(C)c(OCCCC(=O)O)c2c(c1OCCCC(=O)O)CN1C(=O)N3CN4C(=O)N5CN6C(=O)N7CN8C(=O)N9Cc%10c(c(OCCCC(=O)O)c(C)c(C)c%10OCCCC(=O)O)CN%10C(=O)N(CN%11C(=O)N(CN%12C(=O)N(CN%13C(=O)N(C2)C1(C)C3%13C)C4C5%12)C6C7%11)C8(C)C9%10C. The van der Waals surface area contributed by atoms with E-state index in [-0.39, 0.29) is 104 Å². The van der Waals surface area contributed by atoms with Gasteiger partial charge in [-0.3, -0.25) is 97.6 Å². The molecule has 16 amide bonds. The zero-order valence-corrected chi connectivity index (χ0v) is 55.3. The van der Waals surface area contributed by atoms with Crippen molar-refractivity contribution in [1.82, 2.24) is 78.4 Å². The first-order valence-corrected chi connectivity index (χ1v) is 32.8. The van der Waals surface area contributed by atoms with Crippen LogP contribution < -0.4 is 18.9 Å².